The van der Waals surface area contributed by atoms with E-state index in [1.807, 2.05) is 44.2 Å². The number of aromatic nitrogens is 2. The number of aryl methyl sites for hydroxylation is 3. The van der Waals surface area contributed by atoms with Crippen molar-refractivity contribution in [3.8, 4) is 0 Å². The smallest absolute Gasteiger partial charge is 0.266 e. The molecule has 0 aliphatic rings. The highest BCUT2D eigenvalue weighted by atomic mass is 35.5. The summed E-state index contributed by atoms with van der Waals surface area (Å²) in [4.78, 5) is 34.1. The zero-order chi connectivity index (χ0) is 21.4. The Morgan fingerprint density at radius 2 is 1.87 bits per heavy atom. The quantitative estimate of drug-likeness (QED) is 0.448. The van der Waals surface area contributed by atoms with E-state index in [1.165, 1.54) is 11.3 Å². The molecule has 152 valence electrons. The normalized spacial score (nSPS) is 11.1. The van der Waals surface area contributed by atoms with E-state index in [9.17, 15) is 9.59 Å². The van der Waals surface area contributed by atoms with Crippen molar-refractivity contribution in [2.24, 2.45) is 0 Å². The van der Waals surface area contributed by atoms with E-state index in [0.717, 1.165) is 22.4 Å². The van der Waals surface area contributed by atoms with Crippen molar-refractivity contribution in [3.63, 3.8) is 0 Å². The average Bonchev–Trinajstić information content (AvgIpc) is 3.03. The lowest BCUT2D eigenvalue weighted by Crippen LogP contribution is -2.14. The van der Waals surface area contributed by atoms with Crippen molar-refractivity contribution in [1.82, 2.24) is 9.97 Å². The second kappa shape index (κ2) is 8.05. The van der Waals surface area contributed by atoms with Crippen LogP contribution in [0.2, 0.25) is 5.02 Å². The maximum Gasteiger partial charge on any atom is 0.266 e. The summed E-state index contributed by atoms with van der Waals surface area (Å²) in [6, 6.07) is 13.3. The third-order valence-corrected chi connectivity index (χ3v) is 6.41. The van der Waals surface area contributed by atoms with Crippen LogP contribution in [0.1, 0.15) is 37.7 Å². The van der Waals surface area contributed by atoms with Crippen molar-refractivity contribution in [1.29, 1.82) is 0 Å². The van der Waals surface area contributed by atoms with Crippen LogP contribution < -0.4 is 10.9 Å². The Morgan fingerprint density at radius 3 is 2.57 bits per heavy atom. The van der Waals surface area contributed by atoms with E-state index >= 15 is 0 Å². The third-order valence-electron chi connectivity index (χ3n) is 4.97. The Kier molecular flexibility index (Phi) is 5.45. The van der Waals surface area contributed by atoms with E-state index in [-0.39, 0.29) is 11.5 Å². The van der Waals surface area contributed by atoms with E-state index in [0.29, 0.717) is 37.9 Å². The minimum atomic E-state index is -0.235. The number of thiophene rings is 1. The van der Waals surface area contributed by atoms with Crippen LogP contribution in [0.15, 0.2) is 47.3 Å². The monoisotopic (exact) mass is 437 g/mol. The van der Waals surface area contributed by atoms with Gasteiger partial charge in [-0.15, -0.1) is 11.3 Å². The number of nitrogens with one attached hydrogen (secondary N) is 2. The molecular weight excluding hydrogens is 418 g/mol. The highest BCUT2D eigenvalue weighted by Crippen LogP contribution is 2.28. The molecule has 0 bridgehead atoms. The van der Waals surface area contributed by atoms with E-state index in [4.69, 9.17) is 11.6 Å². The van der Waals surface area contributed by atoms with Crippen LogP contribution in [0.4, 0.5) is 5.69 Å². The van der Waals surface area contributed by atoms with Gasteiger partial charge in [0, 0.05) is 17.1 Å². The molecule has 0 fully saturated rings. The maximum atomic E-state index is 12.9. The van der Waals surface area contributed by atoms with Crippen molar-refractivity contribution in [2.75, 3.05) is 5.32 Å². The number of nitrogens with zero attached hydrogens (tertiary/aromatic N) is 1. The lowest BCUT2D eigenvalue weighted by atomic mass is 10.1. The average molecular weight is 438 g/mol. The molecule has 0 saturated carbocycles. The predicted octanol–water partition coefficient (Wildman–Crippen LogP) is 5.41. The summed E-state index contributed by atoms with van der Waals surface area (Å²) >= 11 is 7.17. The Hall–Kier alpha value is -2.96. The fourth-order valence-corrected chi connectivity index (χ4v) is 4.64. The first kappa shape index (κ1) is 20.3. The van der Waals surface area contributed by atoms with Gasteiger partial charge in [0.25, 0.3) is 11.5 Å². The molecule has 2 N–H and O–H groups in total. The number of aromatic amines is 1. The van der Waals surface area contributed by atoms with Gasteiger partial charge in [-0.05, 0) is 55.7 Å². The zero-order valence-electron chi connectivity index (χ0n) is 16.8. The molecule has 2 aromatic heterocycles. The molecule has 0 atom stereocenters. The van der Waals surface area contributed by atoms with Crippen LogP contribution in [0, 0.1) is 20.8 Å². The van der Waals surface area contributed by atoms with Crippen molar-refractivity contribution < 1.29 is 4.79 Å². The Bertz CT molecular complexity index is 1320. The van der Waals surface area contributed by atoms with Crippen LogP contribution in [0.5, 0.6) is 0 Å². The number of rotatable bonds is 4. The number of halogens is 1. The molecule has 2 heterocycles. The van der Waals surface area contributed by atoms with Crippen molar-refractivity contribution in [3.05, 3.63) is 90.8 Å². The van der Waals surface area contributed by atoms with Gasteiger partial charge in [0.2, 0.25) is 0 Å². The van der Waals surface area contributed by atoms with Gasteiger partial charge in [-0.2, -0.15) is 0 Å². The summed E-state index contributed by atoms with van der Waals surface area (Å²) in [7, 11) is 0. The maximum absolute atomic E-state index is 12.9. The summed E-state index contributed by atoms with van der Waals surface area (Å²) in [6.45, 7) is 5.75. The molecule has 30 heavy (non-hydrogen) atoms. The number of carbonyl (C=O) groups is 1. The third kappa shape index (κ3) is 4.01. The molecule has 5 nitrogen and oxygen atoms in total. The highest BCUT2D eigenvalue weighted by Gasteiger charge is 2.20. The SMILES string of the molecule is Cc1ccc(NC(=O)c2sc3nc(Cc4ccc(Cl)cc4)[nH]c(=O)c3c2C)c(C)c1. The van der Waals surface area contributed by atoms with Gasteiger partial charge in [0.05, 0.1) is 10.3 Å². The first-order valence-electron chi connectivity index (χ1n) is 9.47. The van der Waals surface area contributed by atoms with Gasteiger partial charge < -0.3 is 10.3 Å². The second-order valence-corrected chi connectivity index (χ2v) is 8.76. The Balaban J connectivity index is 1.67. The minimum Gasteiger partial charge on any atom is -0.321 e. The lowest BCUT2D eigenvalue weighted by molar-refractivity contribution is 0.103. The zero-order valence-corrected chi connectivity index (χ0v) is 18.4. The van der Waals surface area contributed by atoms with Gasteiger partial charge in [0.1, 0.15) is 10.7 Å². The molecule has 4 aromatic rings. The van der Waals surface area contributed by atoms with Gasteiger partial charge in [-0.1, -0.05) is 41.4 Å². The van der Waals surface area contributed by atoms with Crippen LogP contribution in [-0.4, -0.2) is 15.9 Å². The number of hydrogen-bond donors (Lipinski definition) is 2. The number of hydrogen-bond acceptors (Lipinski definition) is 4. The molecule has 4 rings (SSSR count). The van der Waals surface area contributed by atoms with Crippen LogP contribution >= 0.6 is 22.9 Å². The van der Waals surface area contributed by atoms with Crippen molar-refractivity contribution in [2.45, 2.75) is 27.2 Å². The minimum absolute atomic E-state index is 0.233. The predicted molar refractivity (Wildman–Crippen MR) is 123 cm³/mol. The van der Waals surface area contributed by atoms with Gasteiger partial charge in [-0.3, -0.25) is 9.59 Å². The number of carbonyl (C=O) groups excluding carboxylic acids is 1. The van der Waals surface area contributed by atoms with Crippen LogP contribution in [0.25, 0.3) is 10.2 Å². The largest absolute Gasteiger partial charge is 0.321 e. The number of amides is 1. The van der Waals surface area contributed by atoms with Gasteiger partial charge in [-0.25, -0.2) is 4.98 Å². The molecule has 1 amide bonds. The lowest BCUT2D eigenvalue weighted by Gasteiger charge is -2.08. The second-order valence-electron chi connectivity index (χ2n) is 7.32. The van der Waals surface area contributed by atoms with E-state index in [2.05, 4.69) is 15.3 Å². The topological polar surface area (TPSA) is 74.8 Å². The summed E-state index contributed by atoms with van der Waals surface area (Å²) in [5.74, 6) is 0.318. The number of fused-ring (bicyclic) bond motifs is 1. The number of anilines is 1. The molecule has 0 radical (unpaired) electrons. The molecule has 0 saturated heterocycles. The molecular formula is C23H20ClN3O2S. The Labute approximate surface area is 182 Å². The van der Waals surface area contributed by atoms with Gasteiger partial charge in [0.15, 0.2) is 0 Å². The summed E-state index contributed by atoms with van der Waals surface area (Å²) in [5, 5.41) is 4.07. The molecule has 0 aliphatic heterocycles. The summed E-state index contributed by atoms with van der Waals surface area (Å²) < 4.78 is 0. The molecule has 0 spiro atoms. The standard InChI is InChI=1S/C23H20ClN3O2S/c1-12-4-9-17(13(2)10-12)25-22(29)20-14(3)19-21(28)26-18(27-23(19)30-20)11-15-5-7-16(24)8-6-15/h4-10H,11H2,1-3H3,(H,25,29)(H,26,27,28). The molecule has 0 unspecified atom stereocenters. The fourth-order valence-electron chi connectivity index (χ4n) is 3.42. The van der Waals surface area contributed by atoms with E-state index in [1.54, 1.807) is 19.1 Å². The summed E-state index contributed by atoms with van der Waals surface area (Å²) in [6.07, 6.45) is 0.476. The molecule has 2 aromatic carbocycles. The first-order valence-corrected chi connectivity index (χ1v) is 10.7. The summed E-state index contributed by atoms with van der Waals surface area (Å²) in [5.41, 5.74) is 4.28. The van der Waals surface area contributed by atoms with Gasteiger partial charge >= 0.3 is 0 Å². The number of benzene rings is 2. The van der Waals surface area contributed by atoms with E-state index < -0.39 is 0 Å². The molecule has 0 aliphatic carbocycles. The fraction of sp³-hybridized carbons (Fsp3) is 0.174. The van der Waals surface area contributed by atoms with Crippen LogP contribution in [-0.2, 0) is 6.42 Å². The highest BCUT2D eigenvalue weighted by molar-refractivity contribution is 7.20. The van der Waals surface area contributed by atoms with Crippen LogP contribution in [0.3, 0.4) is 0 Å². The van der Waals surface area contributed by atoms with Crippen molar-refractivity contribution >= 4 is 44.7 Å². The Morgan fingerprint density at radius 1 is 1.13 bits per heavy atom. The number of H-pyrrole nitrogens is 1. The molecule has 7 heteroatoms. The first-order chi connectivity index (χ1) is 14.3.